The molecule has 0 aromatic carbocycles. The molecular weight excluding hydrogens is 152 g/mol. The molecule has 5 nitrogen and oxygen atoms in total. The van der Waals surface area contributed by atoms with Gasteiger partial charge in [-0.1, -0.05) is 0 Å². The maximum Gasteiger partial charge on any atom is 0.343 e. The van der Waals surface area contributed by atoms with Crippen LogP contribution in [-0.4, -0.2) is 36.4 Å². The van der Waals surface area contributed by atoms with Crippen LogP contribution in [0.4, 0.5) is 0 Å². The molecule has 1 saturated heterocycles. The Labute approximate surface area is 62.9 Å². The van der Waals surface area contributed by atoms with E-state index in [9.17, 15) is 9.59 Å². The van der Waals surface area contributed by atoms with Crippen LogP contribution in [0.5, 0.6) is 0 Å². The summed E-state index contributed by atoms with van der Waals surface area (Å²) in [5, 5.41) is 8.32. The van der Waals surface area contributed by atoms with Crippen LogP contribution in [0.1, 0.15) is 6.42 Å². The lowest BCUT2D eigenvalue weighted by Gasteiger charge is -2.03. The van der Waals surface area contributed by atoms with Crippen molar-refractivity contribution in [2.45, 2.75) is 12.5 Å². The van der Waals surface area contributed by atoms with E-state index in [0.29, 0.717) is 0 Å². The summed E-state index contributed by atoms with van der Waals surface area (Å²) in [7, 11) is 0. The third-order valence-electron chi connectivity index (χ3n) is 1.24. The van der Waals surface area contributed by atoms with Crippen molar-refractivity contribution in [3.8, 4) is 0 Å². The number of cyclic esters (lactones) is 2. The van der Waals surface area contributed by atoms with Crippen molar-refractivity contribution in [1.82, 2.24) is 0 Å². The van der Waals surface area contributed by atoms with Gasteiger partial charge < -0.3 is 14.6 Å². The molecule has 11 heavy (non-hydrogen) atoms. The second-order valence-electron chi connectivity index (χ2n) is 2.08. The minimum absolute atomic E-state index is 0.0428. The van der Waals surface area contributed by atoms with Crippen molar-refractivity contribution in [3.63, 3.8) is 0 Å². The van der Waals surface area contributed by atoms with E-state index in [1.165, 1.54) is 0 Å². The van der Waals surface area contributed by atoms with Crippen molar-refractivity contribution < 1.29 is 24.2 Å². The first-order valence-electron chi connectivity index (χ1n) is 3.21. The summed E-state index contributed by atoms with van der Waals surface area (Å²) in [6.07, 6.45) is -0.853. The molecule has 62 valence electrons. The molecule has 1 aliphatic heterocycles. The molecule has 0 amide bonds. The highest BCUT2D eigenvalue weighted by molar-refractivity contribution is 5.96. The van der Waals surface area contributed by atoms with Crippen LogP contribution in [0.25, 0.3) is 0 Å². The first-order chi connectivity index (χ1) is 5.24. The van der Waals surface area contributed by atoms with Gasteiger partial charge in [-0.05, 0) is 0 Å². The standard InChI is InChI=1S/C6H8O5/c7-1-2-10-4-3-5(8)11-6(4)9/h4,7H,1-3H2. The quantitative estimate of drug-likeness (QED) is 0.416. The minimum atomic E-state index is -0.811. The molecule has 1 aliphatic rings. The number of ether oxygens (including phenoxy) is 2. The number of esters is 2. The molecule has 0 saturated carbocycles. The third-order valence-corrected chi connectivity index (χ3v) is 1.24. The van der Waals surface area contributed by atoms with E-state index >= 15 is 0 Å². The van der Waals surface area contributed by atoms with E-state index in [1.807, 2.05) is 0 Å². The monoisotopic (exact) mass is 160 g/mol. The zero-order chi connectivity index (χ0) is 8.27. The van der Waals surface area contributed by atoms with E-state index in [4.69, 9.17) is 9.84 Å². The van der Waals surface area contributed by atoms with Crippen molar-refractivity contribution in [3.05, 3.63) is 0 Å². The summed E-state index contributed by atoms with van der Waals surface area (Å²) in [6.45, 7) is -0.120. The molecule has 1 atom stereocenters. The number of aliphatic hydroxyl groups excluding tert-OH is 1. The highest BCUT2D eigenvalue weighted by atomic mass is 16.6. The van der Waals surface area contributed by atoms with Crippen molar-refractivity contribution in [2.75, 3.05) is 13.2 Å². The van der Waals surface area contributed by atoms with Crippen molar-refractivity contribution >= 4 is 11.9 Å². The summed E-state index contributed by atoms with van der Waals surface area (Å²) in [6, 6.07) is 0. The molecule has 1 fully saturated rings. The highest BCUT2D eigenvalue weighted by Gasteiger charge is 2.33. The fraction of sp³-hybridized carbons (Fsp3) is 0.667. The third kappa shape index (κ3) is 1.99. The van der Waals surface area contributed by atoms with Gasteiger partial charge in [-0.25, -0.2) is 4.79 Å². The highest BCUT2D eigenvalue weighted by Crippen LogP contribution is 2.10. The molecule has 1 rings (SSSR count). The summed E-state index contributed by atoms with van der Waals surface area (Å²) >= 11 is 0. The molecule has 0 aliphatic carbocycles. The summed E-state index contributed by atoms with van der Waals surface area (Å²) in [5.74, 6) is -1.23. The topological polar surface area (TPSA) is 72.8 Å². The van der Waals surface area contributed by atoms with Gasteiger partial charge in [-0.2, -0.15) is 0 Å². The van der Waals surface area contributed by atoms with Gasteiger partial charge in [-0.15, -0.1) is 0 Å². The number of carbonyl (C=O) groups is 2. The molecule has 0 aromatic rings. The Morgan fingerprint density at radius 1 is 1.64 bits per heavy atom. The Balaban J connectivity index is 2.34. The first kappa shape index (κ1) is 8.16. The number of aliphatic hydroxyl groups is 1. The lowest BCUT2D eigenvalue weighted by atomic mass is 10.3. The molecule has 1 heterocycles. The van der Waals surface area contributed by atoms with E-state index in [-0.39, 0.29) is 19.6 Å². The zero-order valence-corrected chi connectivity index (χ0v) is 5.78. The van der Waals surface area contributed by atoms with Crippen molar-refractivity contribution in [1.29, 1.82) is 0 Å². The Morgan fingerprint density at radius 3 is 2.82 bits per heavy atom. The molecule has 1 N–H and O–H groups in total. The minimum Gasteiger partial charge on any atom is -0.394 e. The second kappa shape index (κ2) is 3.45. The number of rotatable bonds is 3. The summed E-state index contributed by atoms with van der Waals surface area (Å²) < 4.78 is 8.98. The van der Waals surface area contributed by atoms with Crippen LogP contribution in [0.15, 0.2) is 0 Å². The SMILES string of the molecule is O=C1CC(OCCO)C(=O)O1. The largest absolute Gasteiger partial charge is 0.394 e. The Kier molecular flexibility index (Phi) is 2.56. The van der Waals surface area contributed by atoms with Crippen LogP contribution in [-0.2, 0) is 19.1 Å². The maximum absolute atomic E-state index is 10.6. The Hall–Kier alpha value is -0.940. The van der Waals surface area contributed by atoms with Gasteiger partial charge in [0.05, 0.1) is 19.6 Å². The van der Waals surface area contributed by atoms with Gasteiger partial charge >= 0.3 is 11.9 Å². The molecule has 0 aromatic heterocycles. The molecule has 5 heteroatoms. The number of hydrogen-bond acceptors (Lipinski definition) is 5. The van der Waals surface area contributed by atoms with Gasteiger partial charge in [0.2, 0.25) is 0 Å². The summed E-state index contributed by atoms with van der Waals surface area (Å²) in [5.41, 5.74) is 0. The van der Waals surface area contributed by atoms with Crippen LogP contribution in [0, 0.1) is 0 Å². The first-order valence-corrected chi connectivity index (χ1v) is 3.21. The Bertz CT molecular complexity index is 176. The average Bonchev–Trinajstić information content (AvgIpc) is 2.26. The second-order valence-corrected chi connectivity index (χ2v) is 2.08. The van der Waals surface area contributed by atoms with Gasteiger partial charge in [0.25, 0.3) is 0 Å². The molecule has 0 bridgehead atoms. The van der Waals surface area contributed by atoms with Crippen LogP contribution < -0.4 is 0 Å². The van der Waals surface area contributed by atoms with E-state index in [1.54, 1.807) is 0 Å². The fourth-order valence-electron chi connectivity index (χ4n) is 0.776. The van der Waals surface area contributed by atoms with E-state index in [0.717, 1.165) is 0 Å². The maximum atomic E-state index is 10.6. The Morgan fingerprint density at radius 2 is 2.36 bits per heavy atom. The molecule has 1 unspecified atom stereocenters. The number of hydrogen-bond donors (Lipinski definition) is 1. The van der Waals surface area contributed by atoms with Gasteiger partial charge in [0, 0.05) is 0 Å². The van der Waals surface area contributed by atoms with E-state index < -0.39 is 18.0 Å². The van der Waals surface area contributed by atoms with Gasteiger partial charge in [0.15, 0.2) is 6.10 Å². The predicted molar refractivity (Wildman–Crippen MR) is 32.5 cm³/mol. The molecule has 0 spiro atoms. The van der Waals surface area contributed by atoms with Crippen molar-refractivity contribution in [2.24, 2.45) is 0 Å². The molecule has 0 radical (unpaired) electrons. The van der Waals surface area contributed by atoms with Gasteiger partial charge in [0.1, 0.15) is 0 Å². The van der Waals surface area contributed by atoms with Crippen LogP contribution >= 0.6 is 0 Å². The molecular formula is C6H8O5. The van der Waals surface area contributed by atoms with E-state index in [2.05, 4.69) is 4.74 Å². The number of carbonyl (C=O) groups excluding carboxylic acids is 2. The smallest absolute Gasteiger partial charge is 0.343 e. The summed E-state index contributed by atoms with van der Waals surface area (Å²) in [4.78, 5) is 21.1. The lowest BCUT2D eigenvalue weighted by Crippen LogP contribution is -2.20. The lowest BCUT2D eigenvalue weighted by molar-refractivity contribution is -0.155. The normalized spacial score (nSPS) is 23.9. The average molecular weight is 160 g/mol. The fourth-order valence-corrected chi connectivity index (χ4v) is 0.776. The van der Waals surface area contributed by atoms with Crippen LogP contribution in [0.3, 0.4) is 0 Å². The van der Waals surface area contributed by atoms with Gasteiger partial charge in [-0.3, -0.25) is 4.79 Å². The zero-order valence-electron chi connectivity index (χ0n) is 5.78. The van der Waals surface area contributed by atoms with Crippen LogP contribution in [0.2, 0.25) is 0 Å². The predicted octanol–water partition coefficient (Wildman–Crippen LogP) is -1.16.